The molecule has 0 bridgehead atoms. The van der Waals surface area contributed by atoms with Crippen molar-refractivity contribution < 1.29 is 14.3 Å². The molecule has 5 nitrogen and oxygen atoms in total. The van der Waals surface area contributed by atoms with E-state index in [4.69, 9.17) is 9.47 Å². The van der Waals surface area contributed by atoms with Gasteiger partial charge >= 0.3 is 0 Å². The third-order valence-electron chi connectivity index (χ3n) is 4.01. The van der Waals surface area contributed by atoms with Gasteiger partial charge in [0.1, 0.15) is 23.5 Å². The number of hydrogen-bond donors (Lipinski definition) is 0. The number of rotatable bonds is 6. The Morgan fingerprint density at radius 3 is 2.96 bits per heavy atom. The second-order valence-corrected chi connectivity index (χ2v) is 6.99. The van der Waals surface area contributed by atoms with Gasteiger partial charge in [-0.15, -0.1) is 11.3 Å². The lowest BCUT2D eigenvalue weighted by atomic mass is 10.1. The van der Waals surface area contributed by atoms with E-state index in [1.807, 2.05) is 42.6 Å². The lowest BCUT2D eigenvalue weighted by Gasteiger charge is -2.16. The van der Waals surface area contributed by atoms with Gasteiger partial charge in [-0.2, -0.15) is 0 Å². The third kappa shape index (κ3) is 3.76. The summed E-state index contributed by atoms with van der Waals surface area (Å²) in [7, 11) is 3.92. The van der Waals surface area contributed by atoms with Crippen LogP contribution in [0.15, 0.2) is 23.6 Å². The Balaban J connectivity index is 1.73. The molecular weight excluding hydrogens is 324 g/mol. The Morgan fingerprint density at radius 1 is 1.46 bits per heavy atom. The minimum absolute atomic E-state index is 0.00590. The second-order valence-electron chi connectivity index (χ2n) is 6.10. The molecule has 0 unspecified atom stereocenters. The van der Waals surface area contributed by atoms with Crippen molar-refractivity contribution in [2.24, 2.45) is 0 Å². The van der Waals surface area contributed by atoms with Crippen LogP contribution in [-0.2, 0) is 11.3 Å². The Hall–Kier alpha value is -1.92. The van der Waals surface area contributed by atoms with Gasteiger partial charge in [0.05, 0.1) is 11.3 Å². The molecule has 1 saturated heterocycles. The first-order valence-corrected chi connectivity index (χ1v) is 8.93. The number of anilines is 1. The smallest absolute Gasteiger partial charge is 0.163 e. The van der Waals surface area contributed by atoms with Crippen molar-refractivity contribution in [2.45, 2.75) is 32.5 Å². The van der Waals surface area contributed by atoms with Crippen molar-refractivity contribution in [3.05, 3.63) is 39.8 Å². The van der Waals surface area contributed by atoms with Crippen molar-refractivity contribution in [1.29, 1.82) is 0 Å². The van der Waals surface area contributed by atoms with Crippen molar-refractivity contribution in [2.75, 3.05) is 25.6 Å². The van der Waals surface area contributed by atoms with Crippen molar-refractivity contribution >= 4 is 22.8 Å². The van der Waals surface area contributed by atoms with Gasteiger partial charge in [-0.05, 0) is 31.9 Å². The fourth-order valence-electron chi connectivity index (χ4n) is 2.66. The molecule has 0 N–H and O–H groups in total. The summed E-state index contributed by atoms with van der Waals surface area (Å²) < 4.78 is 11.6. The molecule has 24 heavy (non-hydrogen) atoms. The van der Waals surface area contributed by atoms with Crippen molar-refractivity contribution in [3.8, 4) is 5.75 Å². The van der Waals surface area contributed by atoms with Gasteiger partial charge in [0, 0.05) is 37.8 Å². The number of thiazole rings is 1. The lowest BCUT2D eigenvalue weighted by Crippen LogP contribution is -2.10. The summed E-state index contributed by atoms with van der Waals surface area (Å²) in [6.45, 7) is 2.71. The van der Waals surface area contributed by atoms with Gasteiger partial charge in [-0.3, -0.25) is 4.79 Å². The first-order chi connectivity index (χ1) is 11.5. The summed E-state index contributed by atoms with van der Waals surface area (Å²) in [6.07, 6.45) is 2.26. The van der Waals surface area contributed by atoms with Gasteiger partial charge in [-0.25, -0.2) is 4.98 Å². The number of carbonyl (C=O) groups is 1. The number of Topliss-reactive ketones (excluding diaryl/α,β-unsaturated/α-hetero) is 1. The molecule has 2 heterocycles. The van der Waals surface area contributed by atoms with Crippen molar-refractivity contribution in [3.63, 3.8) is 0 Å². The molecular formula is C18H22N2O3S. The van der Waals surface area contributed by atoms with E-state index in [0.29, 0.717) is 17.9 Å². The summed E-state index contributed by atoms with van der Waals surface area (Å²) >= 11 is 1.61. The van der Waals surface area contributed by atoms with Crippen LogP contribution in [0.4, 0.5) is 5.69 Å². The van der Waals surface area contributed by atoms with Gasteiger partial charge in [0.15, 0.2) is 5.78 Å². The highest BCUT2D eigenvalue weighted by atomic mass is 32.1. The molecule has 1 aromatic heterocycles. The summed E-state index contributed by atoms with van der Waals surface area (Å²) in [5.74, 6) is 0.592. The van der Waals surface area contributed by atoms with Gasteiger partial charge in [0.2, 0.25) is 0 Å². The molecule has 2 aromatic rings. The monoisotopic (exact) mass is 346 g/mol. The average Bonchev–Trinajstić information content (AvgIpc) is 3.23. The van der Waals surface area contributed by atoms with E-state index in [2.05, 4.69) is 4.98 Å². The van der Waals surface area contributed by atoms with Crippen LogP contribution in [-0.4, -0.2) is 31.5 Å². The van der Waals surface area contributed by atoms with Crippen LogP contribution in [0.3, 0.4) is 0 Å². The minimum Gasteiger partial charge on any atom is -0.486 e. The lowest BCUT2D eigenvalue weighted by molar-refractivity contribution is 0.101. The van der Waals surface area contributed by atoms with E-state index < -0.39 is 0 Å². The maximum Gasteiger partial charge on any atom is 0.163 e. The number of hydrogen-bond acceptors (Lipinski definition) is 6. The number of ketones is 1. The SMILES string of the molecule is CC(=O)c1ccc(N(C)C)cc1OCc1csc([C@H]2CCCO2)n1. The maximum atomic E-state index is 11.8. The summed E-state index contributed by atoms with van der Waals surface area (Å²) in [5, 5.41) is 3.01. The standard InChI is InChI=1S/C18H22N2O3S/c1-12(21)15-7-6-14(20(2)3)9-17(15)23-10-13-11-24-18(19-13)16-5-4-8-22-16/h6-7,9,11,16H,4-5,8,10H2,1-3H3/t16-/m1/s1. The van der Waals surface area contributed by atoms with Crippen LogP contribution in [0.25, 0.3) is 0 Å². The first-order valence-electron chi connectivity index (χ1n) is 8.05. The van der Waals surface area contributed by atoms with Gasteiger partial charge in [-0.1, -0.05) is 0 Å². The third-order valence-corrected chi connectivity index (χ3v) is 5.00. The molecule has 0 amide bonds. The Bertz CT molecular complexity index is 721. The van der Waals surface area contributed by atoms with E-state index >= 15 is 0 Å². The second kappa shape index (κ2) is 7.32. The van der Waals surface area contributed by atoms with Gasteiger partial charge < -0.3 is 14.4 Å². The van der Waals surface area contributed by atoms with E-state index in [1.165, 1.54) is 0 Å². The van der Waals surface area contributed by atoms with Crippen LogP contribution in [0.5, 0.6) is 5.75 Å². The van der Waals surface area contributed by atoms with Crippen LogP contribution in [0.1, 0.15) is 46.9 Å². The molecule has 0 radical (unpaired) electrons. The summed E-state index contributed by atoms with van der Waals surface area (Å²) in [6, 6.07) is 5.62. The fourth-order valence-corrected chi connectivity index (χ4v) is 3.55. The van der Waals surface area contributed by atoms with E-state index in [9.17, 15) is 4.79 Å². The zero-order chi connectivity index (χ0) is 17.1. The molecule has 128 valence electrons. The number of carbonyl (C=O) groups excluding carboxylic acids is 1. The fraction of sp³-hybridized carbons (Fsp3) is 0.444. The molecule has 1 fully saturated rings. The molecule has 0 saturated carbocycles. The van der Waals surface area contributed by atoms with Crippen LogP contribution >= 0.6 is 11.3 Å². The van der Waals surface area contributed by atoms with Crippen LogP contribution in [0.2, 0.25) is 0 Å². The van der Waals surface area contributed by atoms with E-state index in [0.717, 1.165) is 35.8 Å². The predicted molar refractivity (Wildman–Crippen MR) is 95.1 cm³/mol. The number of benzene rings is 1. The molecule has 6 heteroatoms. The van der Waals surface area contributed by atoms with E-state index in [-0.39, 0.29) is 11.9 Å². The molecule has 0 aliphatic carbocycles. The highest BCUT2D eigenvalue weighted by Crippen LogP contribution is 2.31. The van der Waals surface area contributed by atoms with E-state index in [1.54, 1.807) is 18.3 Å². The summed E-state index contributed by atoms with van der Waals surface area (Å²) in [4.78, 5) is 18.4. The minimum atomic E-state index is -0.00590. The molecule has 1 atom stereocenters. The van der Waals surface area contributed by atoms with Crippen LogP contribution in [0, 0.1) is 0 Å². The molecule has 1 aliphatic heterocycles. The largest absolute Gasteiger partial charge is 0.486 e. The Labute approximate surface area is 146 Å². The number of nitrogens with zero attached hydrogens (tertiary/aromatic N) is 2. The highest BCUT2D eigenvalue weighted by Gasteiger charge is 2.21. The first kappa shape index (κ1) is 16.9. The quantitative estimate of drug-likeness (QED) is 0.744. The predicted octanol–water partition coefficient (Wildman–Crippen LogP) is 3.84. The van der Waals surface area contributed by atoms with Crippen LogP contribution < -0.4 is 9.64 Å². The molecule has 0 spiro atoms. The topological polar surface area (TPSA) is 51.7 Å². The molecule has 1 aromatic carbocycles. The summed E-state index contributed by atoms with van der Waals surface area (Å²) in [5.41, 5.74) is 2.46. The zero-order valence-electron chi connectivity index (χ0n) is 14.2. The normalized spacial score (nSPS) is 17.0. The number of ether oxygens (including phenoxy) is 2. The average molecular weight is 346 g/mol. The van der Waals surface area contributed by atoms with Crippen molar-refractivity contribution in [1.82, 2.24) is 4.98 Å². The highest BCUT2D eigenvalue weighted by molar-refractivity contribution is 7.09. The van der Waals surface area contributed by atoms with Gasteiger partial charge in [0.25, 0.3) is 0 Å². The zero-order valence-corrected chi connectivity index (χ0v) is 15.1. The molecule has 3 rings (SSSR count). The Morgan fingerprint density at radius 2 is 2.29 bits per heavy atom. The molecule has 1 aliphatic rings. The number of aromatic nitrogens is 1. The Kier molecular flexibility index (Phi) is 5.16. The maximum absolute atomic E-state index is 11.8.